The molecule has 0 spiro atoms. The summed E-state index contributed by atoms with van der Waals surface area (Å²) in [6, 6.07) is 7.26. The van der Waals surface area contributed by atoms with Gasteiger partial charge in [0.2, 0.25) is 15.9 Å². The van der Waals surface area contributed by atoms with Gasteiger partial charge in [-0.05, 0) is 36.5 Å². The number of carbonyl (C=O) groups is 1. The van der Waals surface area contributed by atoms with Gasteiger partial charge in [-0.25, -0.2) is 13.1 Å². The van der Waals surface area contributed by atoms with Gasteiger partial charge in [0.1, 0.15) is 0 Å². The SMILES string of the molecule is CS(=O)(=O)NC[C@H]1CCCN(C(=O)Cc2ccc(Cl)cc2)C1. The van der Waals surface area contributed by atoms with Gasteiger partial charge in [0.05, 0.1) is 12.7 Å². The Morgan fingerprint density at radius 2 is 2.05 bits per heavy atom. The summed E-state index contributed by atoms with van der Waals surface area (Å²) in [5.74, 6) is 0.254. The van der Waals surface area contributed by atoms with Crippen molar-refractivity contribution in [1.82, 2.24) is 9.62 Å². The second kappa shape index (κ2) is 7.44. The molecular weight excluding hydrogens is 324 g/mol. The molecule has 0 unspecified atom stereocenters. The van der Waals surface area contributed by atoms with Crippen molar-refractivity contribution in [3.8, 4) is 0 Å². The van der Waals surface area contributed by atoms with Gasteiger partial charge in [0.25, 0.3) is 0 Å². The maximum absolute atomic E-state index is 12.4. The highest BCUT2D eigenvalue weighted by atomic mass is 35.5. The smallest absolute Gasteiger partial charge is 0.226 e. The average Bonchev–Trinajstić information content (AvgIpc) is 2.47. The van der Waals surface area contributed by atoms with Crippen LogP contribution in [0.5, 0.6) is 0 Å². The maximum atomic E-state index is 12.4. The number of hydrogen-bond acceptors (Lipinski definition) is 3. The first kappa shape index (κ1) is 17.2. The zero-order valence-electron chi connectivity index (χ0n) is 12.6. The van der Waals surface area contributed by atoms with E-state index in [0.29, 0.717) is 24.5 Å². The molecule has 7 heteroatoms. The molecule has 5 nitrogen and oxygen atoms in total. The molecule has 0 aliphatic carbocycles. The van der Waals surface area contributed by atoms with Crippen molar-refractivity contribution in [2.45, 2.75) is 19.3 Å². The van der Waals surface area contributed by atoms with Gasteiger partial charge < -0.3 is 4.90 Å². The van der Waals surface area contributed by atoms with E-state index in [1.807, 2.05) is 17.0 Å². The molecule has 1 aromatic carbocycles. The van der Waals surface area contributed by atoms with Crippen molar-refractivity contribution < 1.29 is 13.2 Å². The molecule has 1 saturated heterocycles. The van der Waals surface area contributed by atoms with E-state index in [2.05, 4.69) is 4.72 Å². The second-order valence-corrected chi connectivity index (χ2v) is 8.04. The minimum Gasteiger partial charge on any atom is -0.342 e. The van der Waals surface area contributed by atoms with E-state index in [0.717, 1.165) is 31.2 Å². The number of halogens is 1. The normalized spacial score (nSPS) is 19.2. The van der Waals surface area contributed by atoms with E-state index in [9.17, 15) is 13.2 Å². The van der Waals surface area contributed by atoms with Gasteiger partial charge in [-0.1, -0.05) is 23.7 Å². The largest absolute Gasteiger partial charge is 0.342 e. The van der Waals surface area contributed by atoms with E-state index in [1.54, 1.807) is 12.1 Å². The lowest BCUT2D eigenvalue weighted by Gasteiger charge is -2.33. The number of rotatable bonds is 5. The van der Waals surface area contributed by atoms with Crippen LogP contribution in [0.3, 0.4) is 0 Å². The van der Waals surface area contributed by atoms with Crippen LogP contribution in [0, 0.1) is 5.92 Å². The van der Waals surface area contributed by atoms with E-state index < -0.39 is 10.0 Å². The predicted octanol–water partition coefficient (Wildman–Crippen LogP) is 1.67. The fourth-order valence-electron chi connectivity index (χ4n) is 2.62. The van der Waals surface area contributed by atoms with Gasteiger partial charge in [0, 0.05) is 24.7 Å². The highest BCUT2D eigenvalue weighted by Gasteiger charge is 2.24. The van der Waals surface area contributed by atoms with E-state index in [1.165, 1.54) is 0 Å². The number of carbonyl (C=O) groups excluding carboxylic acids is 1. The summed E-state index contributed by atoms with van der Waals surface area (Å²) in [6.07, 6.45) is 3.35. The van der Waals surface area contributed by atoms with Gasteiger partial charge in [-0.15, -0.1) is 0 Å². The van der Waals surface area contributed by atoms with Crippen LogP contribution in [0.4, 0.5) is 0 Å². The molecule has 1 N–H and O–H groups in total. The Balaban J connectivity index is 1.88. The molecule has 1 aliphatic heterocycles. The molecule has 0 bridgehead atoms. The van der Waals surface area contributed by atoms with Crippen LogP contribution in [0.1, 0.15) is 18.4 Å². The van der Waals surface area contributed by atoms with Gasteiger partial charge in [-0.3, -0.25) is 4.79 Å². The van der Waals surface area contributed by atoms with Gasteiger partial charge in [0.15, 0.2) is 0 Å². The topological polar surface area (TPSA) is 66.5 Å². The number of piperidine rings is 1. The monoisotopic (exact) mass is 344 g/mol. The summed E-state index contributed by atoms with van der Waals surface area (Å²) in [4.78, 5) is 14.2. The minimum atomic E-state index is -3.18. The van der Waals surface area contributed by atoms with Crippen LogP contribution in [0.2, 0.25) is 5.02 Å². The van der Waals surface area contributed by atoms with Crippen LogP contribution < -0.4 is 4.72 Å². The lowest BCUT2D eigenvalue weighted by atomic mass is 9.97. The number of hydrogen-bond donors (Lipinski definition) is 1. The van der Waals surface area contributed by atoms with Gasteiger partial charge in [-0.2, -0.15) is 0 Å². The van der Waals surface area contributed by atoms with E-state index in [-0.39, 0.29) is 11.8 Å². The summed E-state index contributed by atoms with van der Waals surface area (Å²) in [7, 11) is -3.18. The van der Waals surface area contributed by atoms with Gasteiger partial charge >= 0.3 is 0 Å². The Kier molecular flexibility index (Phi) is 5.83. The van der Waals surface area contributed by atoms with Crippen LogP contribution in [0.25, 0.3) is 0 Å². The fraction of sp³-hybridized carbons (Fsp3) is 0.533. The van der Waals surface area contributed by atoms with Crippen molar-refractivity contribution >= 4 is 27.5 Å². The molecule has 1 aliphatic rings. The summed E-state index contributed by atoms with van der Waals surface area (Å²) in [5, 5.41) is 0.654. The molecule has 1 atom stereocenters. The molecule has 22 heavy (non-hydrogen) atoms. The minimum absolute atomic E-state index is 0.0754. The molecular formula is C15H21ClN2O3S. The molecule has 1 fully saturated rings. The van der Waals surface area contributed by atoms with Crippen LogP contribution in [0.15, 0.2) is 24.3 Å². The Morgan fingerprint density at radius 3 is 2.68 bits per heavy atom. The summed E-state index contributed by atoms with van der Waals surface area (Å²) < 4.78 is 24.8. The van der Waals surface area contributed by atoms with Crippen molar-refractivity contribution in [3.05, 3.63) is 34.9 Å². The molecule has 0 radical (unpaired) electrons. The second-order valence-electron chi connectivity index (χ2n) is 5.77. The number of nitrogens with one attached hydrogen (secondary N) is 1. The lowest BCUT2D eigenvalue weighted by molar-refractivity contribution is -0.132. The zero-order valence-corrected chi connectivity index (χ0v) is 14.2. The Bertz CT molecular complexity index is 616. The number of amides is 1. The third kappa shape index (κ3) is 5.59. The lowest BCUT2D eigenvalue weighted by Crippen LogP contribution is -2.44. The molecule has 1 heterocycles. The average molecular weight is 345 g/mol. The molecule has 122 valence electrons. The summed E-state index contributed by atoms with van der Waals surface area (Å²) in [5.41, 5.74) is 0.936. The standard InChI is InChI=1S/C15H21ClN2O3S/c1-22(20,21)17-10-13-3-2-8-18(11-13)15(19)9-12-4-6-14(16)7-5-12/h4-7,13,17H,2-3,8-11H2,1H3/t13-/m1/s1. The Morgan fingerprint density at radius 1 is 1.36 bits per heavy atom. The maximum Gasteiger partial charge on any atom is 0.226 e. The zero-order chi connectivity index (χ0) is 16.2. The third-order valence-electron chi connectivity index (χ3n) is 3.77. The quantitative estimate of drug-likeness (QED) is 0.883. The number of likely N-dealkylation sites (tertiary alicyclic amines) is 1. The predicted molar refractivity (Wildman–Crippen MR) is 87.3 cm³/mol. The molecule has 0 aromatic heterocycles. The van der Waals surface area contributed by atoms with E-state index in [4.69, 9.17) is 11.6 Å². The number of benzene rings is 1. The van der Waals surface area contributed by atoms with Crippen LogP contribution >= 0.6 is 11.6 Å². The molecule has 1 amide bonds. The Hall–Kier alpha value is -1.11. The summed E-state index contributed by atoms with van der Waals surface area (Å²) >= 11 is 5.84. The molecule has 0 saturated carbocycles. The molecule has 2 rings (SSSR count). The first-order chi connectivity index (χ1) is 10.3. The highest BCUT2D eigenvalue weighted by molar-refractivity contribution is 7.88. The van der Waals surface area contributed by atoms with E-state index >= 15 is 0 Å². The van der Waals surface area contributed by atoms with Crippen molar-refractivity contribution in [1.29, 1.82) is 0 Å². The van der Waals surface area contributed by atoms with Crippen LogP contribution in [-0.2, 0) is 21.2 Å². The van der Waals surface area contributed by atoms with Crippen molar-refractivity contribution in [2.75, 3.05) is 25.9 Å². The summed E-state index contributed by atoms with van der Waals surface area (Å²) in [6.45, 7) is 1.74. The van der Waals surface area contributed by atoms with Crippen molar-refractivity contribution in [3.63, 3.8) is 0 Å². The molecule has 1 aromatic rings. The highest BCUT2D eigenvalue weighted by Crippen LogP contribution is 2.18. The first-order valence-corrected chi connectivity index (χ1v) is 9.57. The third-order valence-corrected chi connectivity index (χ3v) is 4.72. The fourth-order valence-corrected chi connectivity index (χ4v) is 3.28. The Labute approximate surface area is 136 Å². The van der Waals surface area contributed by atoms with Crippen LogP contribution in [-0.4, -0.2) is 45.1 Å². The number of sulfonamides is 1. The van der Waals surface area contributed by atoms with Crippen molar-refractivity contribution in [2.24, 2.45) is 5.92 Å². The number of nitrogens with zero attached hydrogens (tertiary/aromatic N) is 1. The first-order valence-electron chi connectivity index (χ1n) is 7.30.